The van der Waals surface area contributed by atoms with Crippen LogP contribution in [0.15, 0.2) is 36.4 Å². The largest absolute Gasteiger partial charge is 0.496 e. The average Bonchev–Trinajstić information content (AvgIpc) is 3.16. The highest BCUT2D eigenvalue weighted by Crippen LogP contribution is 2.45. The molecule has 2 fully saturated rings. The molecule has 4 rings (SSSR count). The summed E-state index contributed by atoms with van der Waals surface area (Å²) < 4.78 is 33.4. The van der Waals surface area contributed by atoms with Crippen molar-refractivity contribution in [3.63, 3.8) is 0 Å². The first-order chi connectivity index (χ1) is 13.0. The van der Waals surface area contributed by atoms with Crippen LogP contribution in [0.4, 0.5) is 8.78 Å². The van der Waals surface area contributed by atoms with Gasteiger partial charge in [-0.05, 0) is 49.1 Å². The van der Waals surface area contributed by atoms with Crippen LogP contribution in [-0.4, -0.2) is 43.6 Å². The first-order valence-electron chi connectivity index (χ1n) is 9.48. The van der Waals surface area contributed by atoms with Crippen LogP contribution in [0, 0.1) is 30.4 Å². The Bertz CT molecular complexity index is 847. The van der Waals surface area contributed by atoms with Crippen LogP contribution >= 0.6 is 12.4 Å². The third-order valence-corrected chi connectivity index (χ3v) is 6.23. The van der Waals surface area contributed by atoms with Gasteiger partial charge in [0.2, 0.25) is 0 Å². The van der Waals surface area contributed by atoms with Crippen LogP contribution < -0.4 is 4.74 Å². The Morgan fingerprint density at radius 1 is 1.07 bits per heavy atom. The molecule has 0 unspecified atom stereocenters. The molecule has 0 saturated carbocycles. The smallest absolute Gasteiger partial charge is 0.167 e. The van der Waals surface area contributed by atoms with Gasteiger partial charge in [-0.25, -0.2) is 8.78 Å². The van der Waals surface area contributed by atoms with Gasteiger partial charge in [-0.3, -0.25) is 9.80 Å². The first kappa shape index (κ1) is 21.0. The van der Waals surface area contributed by atoms with E-state index < -0.39 is 11.6 Å². The molecule has 2 aromatic carbocycles. The predicted molar refractivity (Wildman–Crippen MR) is 109 cm³/mol. The van der Waals surface area contributed by atoms with Gasteiger partial charge in [-0.15, -0.1) is 12.4 Å². The summed E-state index contributed by atoms with van der Waals surface area (Å²) in [6.07, 6.45) is 0. The van der Waals surface area contributed by atoms with Gasteiger partial charge < -0.3 is 4.74 Å². The van der Waals surface area contributed by atoms with Crippen LogP contribution in [0.5, 0.6) is 5.75 Å². The number of fused-ring (bicyclic) bond motifs is 1. The minimum atomic E-state index is -0.817. The fourth-order valence-electron chi connectivity index (χ4n) is 5.00. The number of benzene rings is 2. The number of nitrogens with zero attached hydrogens (tertiary/aromatic N) is 2. The Kier molecular flexibility index (Phi) is 6.28. The number of aryl methyl sites for hydroxylation is 1. The number of hydrogen-bond donors (Lipinski definition) is 0. The molecule has 3 atom stereocenters. The summed E-state index contributed by atoms with van der Waals surface area (Å²) in [4.78, 5) is 4.69. The van der Waals surface area contributed by atoms with Gasteiger partial charge in [0.1, 0.15) is 5.75 Å². The highest BCUT2D eigenvalue weighted by Gasteiger charge is 2.46. The summed E-state index contributed by atoms with van der Waals surface area (Å²) in [7, 11) is 3.69. The second kappa shape index (κ2) is 8.36. The highest BCUT2D eigenvalue weighted by molar-refractivity contribution is 5.85. The van der Waals surface area contributed by atoms with Crippen molar-refractivity contribution in [1.29, 1.82) is 0 Å². The summed E-state index contributed by atoms with van der Waals surface area (Å²) in [5.74, 6) is -0.152. The van der Waals surface area contributed by atoms with Gasteiger partial charge in [0.15, 0.2) is 11.6 Å². The number of methoxy groups -OCH3 is 1. The average molecular weight is 409 g/mol. The van der Waals surface area contributed by atoms with E-state index in [0.29, 0.717) is 35.7 Å². The van der Waals surface area contributed by atoms with E-state index in [2.05, 4.69) is 48.0 Å². The van der Waals surface area contributed by atoms with Crippen molar-refractivity contribution in [3.8, 4) is 5.75 Å². The molecule has 2 heterocycles. The van der Waals surface area contributed by atoms with E-state index in [1.807, 2.05) is 0 Å². The standard InChI is InChI=1S/C22H26F2N2O.ClH/c1-14-6-4-5-7-16(14)22-17-12-26(11-15(17)10-25(22)2)13-18-20(27-3)9-8-19(23)21(18)24;/h4-9,15,17,22H,10-13H2,1-3H3;1H/t15-,17+,22+;/m0./s1. The Hall–Kier alpha value is -1.69. The molecule has 2 aromatic rings. The maximum absolute atomic E-state index is 14.4. The van der Waals surface area contributed by atoms with Crippen molar-refractivity contribution in [3.05, 3.63) is 64.7 Å². The molecule has 0 amide bonds. The van der Waals surface area contributed by atoms with Crippen molar-refractivity contribution < 1.29 is 13.5 Å². The van der Waals surface area contributed by atoms with Gasteiger partial charge in [0.25, 0.3) is 0 Å². The zero-order chi connectivity index (χ0) is 19.1. The minimum Gasteiger partial charge on any atom is -0.496 e. The maximum Gasteiger partial charge on any atom is 0.167 e. The lowest BCUT2D eigenvalue weighted by Gasteiger charge is -2.28. The molecule has 0 bridgehead atoms. The molecule has 28 heavy (non-hydrogen) atoms. The minimum absolute atomic E-state index is 0. The number of ether oxygens (including phenoxy) is 1. The van der Waals surface area contributed by atoms with Gasteiger partial charge >= 0.3 is 0 Å². The molecular weight excluding hydrogens is 382 g/mol. The molecule has 3 nitrogen and oxygen atoms in total. The second-order valence-electron chi connectivity index (χ2n) is 7.90. The van der Waals surface area contributed by atoms with Gasteiger partial charge in [-0.2, -0.15) is 0 Å². The zero-order valence-corrected chi connectivity index (χ0v) is 17.3. The van der Waals surface area contributed by atoms with Crippen molar-refractivity contribution in [2.75, 3.05) is 33.8 Å². The quantitative estimate of drug-likeness (QED) is 0.743. The topological polar surface area (TPSA) is 15.7 Å². The monoisotopic (exact) mass is 408 g/mol. The number of rotatable bonds is 4. The van der Waals surface area contributed by atoms with Crippen molar-refractivity contribution in [2.24, 2.45) is 11.8 Å². The normalized spacial score (nSPS) is 24.8. The van der Waals surface area contributed by atoms with Gasteiger partial charge in [0.05, 0.1) is 7.11 Å². The Morgan fingerprint density at radius 3 is 2.54 bits per heavy atom. The predicted octanol–water partition coefficient (Wildman–Crippen LogP) is 4.44. The Morgan fingerprint density at radius 2 is 1.82 bits per heavy atom. The van der Waals surface area contributed by atoms with Crippen molar-refractivity contribution in [2.45, 2.75) is 19.5 Å². The highest BCUT2D eigenvalue weighted by atomic mass is 35.5. The van der Waals surface area contributed by atoms with E-state index >= 15 is 0 Å². The Balaban J connectivity index is 0.00000225. The summed E-state index contributed by atoms with van der Waals surface area (Å²) >= 11 is 0. The molecule has 0 spiro atoms. The molecule has 2 aliphatic heterocycles. The third kappa shape index (κ3) is 3.63. The third-order valence-electron chi connectivity index (χ3n) is 6.23. The number of likely N-dealkylation sites (tertiary alicyclic amines) is 2. The summed E-state index contributed by atoms with van der Waals surface area (Å²) in [6.45, 7) is 5.35. The molecule has 0 N–H and O–H groups in total. The lowest BCUT2D eigenvalue weighted by Crippen LogP contribution is -2.29. The Labute approximate surface area is 171 Å². The number of hydrogen-bond acceptors (Lipinski definition) is 3. The van der Waals surface area contributed by atoms with Gasteiger partial charge in [-0.1, -0.05) is 24.3 Å². The van der Waals surface area contributed by atoms with E-state index in [1.54, 1.807) is 0 Å². The zero-order valence-electron chi connectivity index (χ0n) is 16.5. The molecular formula is C22H27ClF2N2O. The molecule has 2 saturated heterocycles. The lowest BCUT2D eigenvalue weighted by atomic mass is 9.88. The van der Waals surface area contributed by atoms with Crippen LogP contribution in [0.2, 0.25) is 0 Å². The van der Waals surface area contributed by atoms with Crippen LogP contribution in [0.25, 0.3) is 0 Å². The summed E-state index contributed by atoms with van der Waals surface area (Å²) in [6, 6.07) is 11.6. The summed E-state index contributed by atoms with van der Waals surface area (Å²) in [5.41, 5.74) is 3.01. The lowest BCUT2D eigenvalue weighted by molar-refractivity contribution is 0.220. The fraction of sp³-hybridized carbons (Fsp3) is 0.455. The van der Waals surface area contributed by atoms with Crippen LogP contribution in [0.1, 0.15) is 22.7 Å². The van der Waals surface area contributed by atoms with Crippen molar-refractivity contribution in [1.82, 2.24) is 9.80 Å². The molecule has 0 aliphatic carbocycles. The molecule has 6 heteroatoms. The molecule has 2 aliphatic rings. The van der Waals surface area contributed by atoms with E-state index in [9.17, 15) is 8.78 Å². The van der Waals surface area contributed by atoms with Crippen LogP contribution in [0.3, 0.4) is 0 Å². The van der Waals surface area contributed by atoms with Crippen LogP contribution in [-0.2, 0) is 6.54 Å². The van der Waals surface area contributed by atoms with Crippen molar-refractivity contribution >= 4 is 12.4 Å². The number of halogens is 3. The second-order valence-corrected chi connectivity index (χ2v) is 7.90. The van der Waals surface area contributed by atoms with E-state index in [4.69, 9.17) is 4.74 Å². The van der Waals surface area contributed by atoms with E-state index in [1.165, 1.54) is 24.3 Å². The maximum atomic E-state index is 14.4. The SMILES string of the molecule is COc1ccc(F)c(F)c1CN1C[C@@H]2CN(C)[C@H](c3ccccc3C)[C@@H]2C1.Cl. The van der Waals surface area contributed by atoms with E-state index in [0.717, 1.165) is 25.7 Å². The molecule has 0 aromatic heterocycles. The first-order valence-corrected chi connectivity index (χ1v) is 9.48. The fourth-order valence-corrected chi connectivity index (χ4v) is 5.00. The van der Waals surface area contributed by atoms with Gasteiger partial charge in [0, 0.05) is 37.8 Å². The molecule has 152 valence electrons. The summed E-state index contributed by atoms with van der Waals surface area (Å²) in [5, 5.41) is 0. The van der Waals surface area contributed by atoms with E-state index in [-0.39, 0.29) is 12.4 Å². The molecule has 0 radical (unpaired) electrons.